The molecule has 4 aliphatic carbocycles. The van der Waals surface area contributed by atoms with Crippen molar-refractivity contribution in [1.82, 2.24) is 0 Å². The second-order valence-corrected chi connectivity index (χ2v) is 8.28. The van der Waals surface area contributed by atoms with E-state index < -0.39 is 0 Å². The second kappa shape index (κ2) is 3.65. The standard InChI is InChI=1S/C19H24O2/c1-18-7-6-15-14-4-3-13(20)8-11(14)2-5-16(15)19(18)10-12(19)9-17(18)21/h3-4,8,12,15-17,20-21H,2,5-7,9-10H2,1H3/t12-,15?,16?,17-,18-,19+/m1/s1. The topological polar surface area (TPSA) is 40.5 Å². The summed E-state index contributed by atoms with van der Waals surface area (Å²) < 4.78 is 0. The van der Waals surface area contributed by atoms with Crippen LogP contribution in [0.2, 0.25) is 0 Å². The van der Waals surface area contributed by atoms with Crippen LogP contribution in [0.25, 0.3) is 0 Å². The molecular weight excluding hydrogens is 260 g/mol. The van der Waals surface area contributed by atoms with Gasteiger partial charge in [0.2, 0.25) is 0 Å². The number of fused-ring (bicyclic) bond motifs is 3. The summed E-state index contributed by atoms with van der Waals surface area (Å²) in [6.07, 6.45) is 7.07. The molecule has 5 rings (SSSR count). The van der Waals surface area contributed by atoms with Crippen LogP contribution < -0.4 is 0 Å². The summed E-state index contributed by atoms with van der Waals surface area (Å²) in [5.74, 6) is 2.61. The van der Waals surface area contributed by atoms with E-state index in [0.29, 0.717) is 17.1 Å². The highest BCUT2D eigenvalue weighted by Crippen LogP contribution is 2.81. The number of phenolic OH excluding ortho intramolecular Hbond substituents is 1. The van der Waals surface area contributed by atoms with Crippen LogP contribution in [-0.4, -0.2) is 16.3 Å². The minimum absolute atomic E-state index is 0.0709. The first kappa shape index (κ1) is 12.5. The number of rotatable bonds is 0. The molecule has 3 fully saturated rings. The maximum absolute atomic E-state index is 10.6. The first-order valence-electron chi connectivity index (χ1n) is 8.56. The molecule has 0 aromatic heterocycles. The molecule has 2 nitrogen and oxygen atoms in total. The maximum atomic E-state index is 10.6. The van der Waals surface area contributed by atoms with Gasteiger partial charge in [0.1, 0.15) is 5.75 Å². The van der Waals surface area contributed by atoms with Crippen LogP contribution in [0.3, 0.4) is 0 Å². The van der Waals surface area contributed by atoms with E-state index in [1.807, 2.05) is 12.1 Å². The molecule has 0 heterocycles. The highest BCUT2D eigenvalue weighted by Gasteiger charge is 2.76. The van der Waals surface area contributed by atoms with E-state index in [4.69, 9.17) is 0 Å². The van der Waals surface area contributed by atoms with Crippen LogP contribution in [0.4, 0.5) is 0 Å². The molecule has 0 radical (unpaired) electrons. The van der Waals surface area contributed by atoms with Crippen LogP contribution in [-0.2, 0) is 6.42 Å². The van der Waals surface area contributed by atoms with Gasteiger partial charge in [-0.15, -0.1) is 0 Å². The van der Waals surface area contributed by atoms with Crippen LogP contribution in [0.15, 0.2) is 18.2 Å². The lowest BCUT2D eigenvalue weighted by Gasteiger charge is -2.52. The number of phenols is 1. The Balaban J connectivity index is 1.60. The fourth-order valence-electron chi connectivity index (χ4n) is 6.79. The number of benzene rings is 1. The summed E-state index contributed by atoms with van der Waals surface area (Å²) in [5.41, 5.74) is 3.47. The fraction of sp³-hybridized carbons (Fsp3) is 0.684. The van der Waals surface area contributed by atoms with Crippen LogP contribution in [0, 0.1) is 22.7 Å². The Morgan fingerprint density at radius 3 is 2.95 bits per heavy atom. The minimum Gasteiger partial charge on any atom is -0.508 e. The van der Waals surface area contributed by atoms with Gasteiger partial charge in [0.05, 0.1) is 6.10 Å². The molecule has 2 heteroatoms. The zero-order valence-electron chi connectivity index (χ0n) is 12.7. The summed E-state index contributed by atoms with van der Waals surface area (Å²) >= 11 is 0. The van der Waals surface area contributed by atoms with Gasteiger partial charge < -0.3 is 10.2 Å². The molecule has 0 amide bonds. The van der Waals surface area contributed by atoms with Gasteiger partial charge in [0, 0.05) is 0 Å². The summed E-state index contributed by atoms with van der Waals surface area (Å²) in [6, 6.07) is 6.01. The number of aliphatic hydroxyl groups excluding tert-OH is 1. The molecule has 21 heavy (non-hydrogen) atoms. The van der Waals surface area contributed by atoms with E-state index in [1.165, 1.54) is 36.8 Å². The fourth-order valence-corrected chi connectivity index (χ4v) is 6.79. The van der Waals surface area contributed by atoms with E-state index in [9.17, 15) is 10.2 Å². The van der Waals surface area contributed by atoms with Crippen LogP contribution in [0.1, 0.15) is 56.1 Å². The molecule has 2 N–H and O–H groups in total. The SMILES string of the molecule is C[C@]12CCC3c4ccc(O)cc4CCC3[C@@]13C[C@H]3C[C@H]2O. The Hall–Kier alpha value is -1.02. The second-order valence-electron chi connectivity index (χ2n) is 8.28. The van der Waals surface area contributed by atoms with E-state index in [-0.39, 0.29) is 11.5 Å². The van der Waals surface area contributed by atoms with Crippen LogP contribution >= 0.6 is 0 Å². The molecule has 1 spiro atoms. The van der Waals surface area contributed by atoms with Crippen molar-refractivity contribution in [2.24, 2.45) is 22.7 Å². The molecule has 1 aromatic carbocycles. The minimum atomic E-state index is -0.0709. The quantitative estimate of drug-likeness (QED) is 0.764. The van der Waals surface area contributed by atoms with Gasteiger partial charge in [-0.3, -0.25) is 0 Å². The van der Waals surface area contributed by atoms with Gasteiger partial charge in [-0.1, -0.05) is 13.0 Å². The van der Waals surface area contributed by atoms with Gasteiger partial charge in [-0.2, -0.15) is 0 Å². The summed E-state index contributed by atoms with van der Waals surface area (Å²) in [6.45, 7) is 2.37. The third-order valence-electron chi connectivity index (χ3n) is 7.83. The third-order valence-corrected chi connectivity index (χ3v) is 7.83. The average Bonchev–Trinajstić information content (AvgIpc) is 3.12. The highest BCUT2D eigenvalue weighted by molar-refractivity contribution is 5.42. The van der Waals surface area contributed by atoms with Crippen molar-refractivity contribution in [3.05, 3.63) is 29.3 Å². The molecule has 112 valence electrons. The van der Waals surface area contributed by atoms with Crippen molar-refractivity contribution >= 4 is 0 Å². The van der Waals surface area contributed by atoms with Crippen molar-refractivity contribution in [1.29, 1.82) is 0 Å². The monoisotopic (exact) mass is 284 g/mol. The van der Waals surface area contributed by atoms with Gasteiger partial charge in [-0.05, 0) is 90.4 Å². The predicted molar refractivity (Wildman–Crippen MR) is 81.2 cm³/mol. The number of aromatic hydroxyl groups is 1. The third kappa shape index (κ3) is 1.30. The average molecular weight is 284 g/mol. The van der Waals surface area contributed by atoms with Gasteiger partial charge in [-0.25, -0.2) is 0 Å². The number of aliphatic hydroxyl groups is 1. The number of hydrogen-bond donors (Lipinski definition) is 2. The summed E-state index contributed by atoms with van der Waals surface area (Å²) in [4.78, 5) is 0. The van der Waals surface area contributed by atoms with Crippen LogP contribution in [0.5, 0.6) is 5.75 Å². The van der Waals surface area contributed by atoms with Crippen molar-refractivity contribution in [3.63, 3.8) is 0 Å². The zero-order valence-corrected chi connectivity index (χ0v) is 12.7. The number of hydrogen-bond acceptors (Lipinski definition) is 2. The Labute approximate surface area is 126 Å². The zero-order chi connectivity index (χ0) is 14.4. The largest absolute Gasteiger partial charge is 0.508 e. The van der Waals surface area contributed by atoms with E-state index in [0.717, 1.165) is 24.7 Å². The van der Waals surface area contributed by atoms with Crippen molar-refractivity contribution in [2.75, 3.05) is 0 Å². The van der Waals surface area contributed by atoms with Crippen molar-refractivity contribution < 1.29 is 10.2 Å². The van der Waals surface area contributed by atoms with E-state index >= 15 is 0 Å². The lowest BCUT2D eigenvalue weighted by Crippen LogP contribution is -2.47. The van der Waals surface area contributed by atoms with Gasteiger partial charge >= 0.3 is 0 Å². The predicted octanol–water partition coefficient (Wildman–Crippen LogP) is 3.61. The molecule has 0 bridgehead atoms. The van der Waals surface area contributed by atoms with Gasteiger partial charge in [0.15, 0.2) is 0 Å². The Morgan fingerprint density at radius 1 is 1.24 bits per heavy atom. The van der Waals surface area contributed by atoms with E-state index in [2.05, 4.69) is 13.0 Å². The molecular formula is C19H24O2. The Kier molecular flexibility index (Phi) is 2.18. The molecule has 2 unspecified atom stereocenters. The smallest absolute Gasteiger partial charge is 0.115 e. The molecule has 1 aromatic rings. The maximum Gasteiger partial charge on any atom is 0.115 e. The van der Waals surface area contributed by atoms with E-state index in [1.54, 1.807) is 0 Å². The first-order chi connectivity index (χ1) is 10.1. The van der Waals surface area contributed by atoms with Gasteiger partial charge in [0.25, 0.3) is 0 Å². The summed E-state index contributed by atoms with van der Waals surface area (Å²) in [7, 11) is 0. The molecule has 3 saturated carbocycles. The van der Waals surface area contributed by atoms with Crippen molar-refractivity contribution in [2.45, 2.75) is 57.5 Å². The molecule has 0 saturated heterocycles. The van der Waals surface area contributed by atoms with Crippen molar-refractivity contribution in [3.8, 4) is 5.75 Å². The molecule has 6 atom stereocenters. The first-order valence-corrected chi connectivity index (χ1v) is 8.56. The normalized spacial score (nSPS) is 49.8. The molecule has 4 aliphatic rings. The highest BCUT2D eigenvalue weighted by atomic mass is 16.3. The lowest BCUT2D eigenvalue weighted by atomic mass is 9.52. The Bertz CT molecular complexity index is 624. The summed E-state index contributed by atoms with van der Waals surface area (Å²) in [5, 5.41) is 20.3. The Morgan fingerprint density at radius 2 is 2.10 bits per heavy atom. The lowest BCUT2D eigenvalue weighted by molar-refractivity contribution is -0.0558. The number of aryl methyl sites for hydroxylation is 1. The molecule has 0 aliphatic heterocycles.